The lowest BCUT2D eigenvalue weighted by Crippen LogP contribution is -2.35. The summed E-state index contributed by atoms with van der Waals surface area (Å²) in [6, 6.07) is 8.61. The molecule has 1 saturated heterocycles. The molecule has 7 nitrogen and oxygen atoms in total. The average molecular weight is 416 g/mol. The van der Waals surface area contributed by atoms with Gasteiger partial charge >= 0.3 is 0 Å². The maximum atomic E-state index is 13.1. The normalized spacial score (nSPS) is 22.1. The fourth-order valence-corrected chi connectivity index (χ4v) is 5.58. The van der Waals surface area contributed by atoms with Gasteiger partial charge in [0.1, 0.15) is 10.6 Å². The molecule has 0 spiro atoms. The van der Waals surface area contributed by atoms with E-state index in [0.717, 1.165) is 31.2 Å². The molecule has 154 valence electrons. The minimum absolute atomic E-state index is 0.0966. The smallest absolute Gasteiger partial charge is 0.246 e. The van der Waals surface area contributed by atoms with E-state index in [0.29, 0.717) is 18.8 Å². The molecular weight excluding hydrogens is 390 g/mol. The van der Waals surface area contributed by atoms with E-state index in [1.165, 1.54) is 17.5 Å². The highest BCUT2D eigenvalue weighted by Crippen LogP contribution is 2.47. The van der Waals surface area contributed by atoms with Crippen LogP contribution >= 0.6 is 0 Å². The Morgan fingerprint density at radius 3 is 2.69 bits per heavy atom. The Kier molecular flexibility index (Phi) is 5.56. The van der Waals surface area contributed by atoms with Crippen LogP contribution in [0.1, 0.15) is 37.2 Å². The molecule has 2 aromatic rings. The summed E-state index contributed by atoms with van der Waals surface area (Å²) in [5.74, 6) is 0.223. The van der Waals surface area contributed by atoms with Crippen molar-refractivity contribution in [2.45, 2.75) is 36.5 Å². The van der Waals surface area contributed by atoms with Crippen molar-refractivity contribution < 1.29 is 17.9 Å². The fourth-order valence-electron chi connectivity index (χ4n) is 3.88. The van der Waals surface area contributed by atoms with Crippen LogP contribution in [0.5, 0.6) is 5.75 Å². The van der Waals surface area contributed by atoms with Crippen LogP contribution in [0.3, 0.4) is 0 Å². The predicted molar refractivity (Wildman–Crippen MR) is 109 cm³/mol. The summed E-state index contributed by atoms with van der Waals surface area (Å²) < 4.78 is 33.0. The number of carbonyl (C=O) groups excluding carboxylic acids is 1. The molecule has 0 unspecified atom stereocenters. The molecule has 0 radical (unpaired) electrons. The zero-order valence-corrected chi connectivity index (χ0v) is 17.2. The van der Waals surface area contributed by atoms with Gasteiger partial charge in [-0.3, -0.25) is 9.78 Å². The van der Waals surface area contributed by atoms with Crippen molar-refractivity contribution in [2.75, 3.05) is 25.5 Å². The second kappa shape index (κ2) is 8.12. The molecular formula is C21H25N3O4S. The highest BCUT2D eigenvalue weighted by Gasteiger charge is 2.44. The Balaban J connectivity index is 1.52. The maximum Gasteiger partial charge on any atom is 0.246 e. The highest BCUT2D eigenvalue weighted by atomic mass is 32.2. The van der Waals surface area contributed by atoms with Gasteiger partial charge in [0, 0.05) is 37.1 Å². The first kappa shape index (κ1) is 19.8. The third-order valence-corrected chi connectivity index (χ3v) is 7.52. The number of anilines is 1. The van der Waals surface area contributed by atoms with Crippen molar-refractivity contribution in [1.82, 2.24) is 9.29 Å². The van der Waals surface area contributed by atoms with Crippen LogP contribution in [0.2, 0.25) is 0 Å². The summed E-state index contributed by atoms with van der Waals surface area (Å²) in [5, 5.41) is 2.87. The number of nitrogens with one attached hydrogen (secondary N) is 1. The number of methoxy groups -OCH3 is 1. The highest BCUT2D eigenvalue weighted by molar-refractivity contribution is 7.89. The van der Waals surface area contributed by atoms with Gasteiger partial charge < -0.3 is 10.1 Å². The van der Waals surface area contributed by atoms with Crippen LogP contribution in [-0.4, -0.2) is 43.8 Å². The van der Waals surface area contributed by atoms with Gasteiger partial charge in [-0.25, -0.2) is 8.42 Å². The second-order valence-corrected chi connectivity index (χ2v) is 9.46. The van der Waals surface area contributed by atoms with E-state index in [2.05, 4.69) is 10.3 Å². The minimum atomic E-state index is -3.67. The monoisotopic (exact) mass is 415 g/mol. The summed E-state index contributed by atoms with van der Waals surface area (Å²) >= 11 is 0. The number of piperidine rings is 1. The molecule has 1 aromatic heterocycles. The number of nitrogens with zero attached hydrogens (tertiary/aromatic N) is 2. The molecule has 8 heteroatoms. The van der Waals surface area contributed by atoms with E-state index >= 15 is 0 Å². The molecule has 1 saturated carbocycles. The van der Waals surface area contributed by atoms with Gasteiger partial charge in [0.05, 0.1) is 7.11 Å². The van der Waals surface area contributed by atoms with Crippen molar-refractivity contribution in [2.24, 2.45) is 5.92 Å². The van der Waals surface area contributed by atoms with Crippen LogP contribution in [0.15, 0.2) is 47.6 Å². The Morgan fingerprint density at radius 2 is 2.00 bits per heavy atom. The molecule has 0 bridgehead atoms. The summed E-state index contributed by atoms with van der Waals surface area (Å²) in [7, 11) is -2.22. The SMILES string of the molecule is COc1ccc(NC(=O)[C@@H]2C[C@H]2c2cccnc2)cc1S(=O)(=O)N1CCCCC1. The first-order valence-corrected chi connectivity index (χ1v) is 11.3. The number of hydrogen-bond donors (Lipinski definition) is 1. The lowest BCUT2D eigenvalue weighted by atomic mass is 10.1. The Bertz CT molecular complexity index is 988. The largest absolute Gasteiger partial charge is 0.495 e. The summed E-state index contributed by atoms with van der Waals surface area (Å²) in [5.41, 5.74) is 1.51. The van der Waals surface area contributed by atoms with Crippen molar-refractivity contribution in [3.05, 3.63) is 48.3 Å². The van der Waals surface area contributed by atoms with Gasteiger partial charge in [0.2, 0.25) is 15.9 Å². The lowest BCUT2D eigenvalue weighted by Gasteiger charge is -2.26. The van der Waals surface area contributed by atoms with E-state index in [1.807, 2.05) is 12.1 Å². The van der Waals surface area contributed by atoms with Crippen molar-refractivity contribution in [3.8, 4) is 5.75 Å². The van der Waals surface area contributed by atoms with Gasteiger partial charge in [-0.2, -0.15) is 4.31 Å². The van der Waals surface area contributed by atoms with Crippen LogP contribution in [0.25, 0.3) is 0 Å². The van der Waals surface area contributed by atoms with E-state index in [-0.39, 0.29) is 28.4 Å². The number of rotatable bonds is 6. The van der Waals surface area contributed by atoms with Gasteiger partial charge in [-0.15, -0.1) is 0 Å². The van der Waals surface area contributed by atoms with Gasteiger partial charge in [-0.1, -0.05) is 12.5 Å². The molecule has 2 fully saturated rings. The van der Waals surface area contributed by atoms with E-state index in [9.17, 15) is 13.2 Å². The van der Waals surface area contributed by atoms with Crippen LogP contribution in [-0.2, 0) is 14.8 Å². The topological polar surface area (TPSA) is 88.6 Å². The molecule has 2 heterocycles. The lowest BCUT2D eigenvalue weighted by molar-refractivity contribution is -0.117. The first-order valence-electron chi connectivity index (χ1n) is 9.89. The third-order valence-electron chi connectivity index (χ3n) is 5.60. The predicted octanol–water partition coefficient (Wildman–Crippen LogP) is 3.01. The average Bonchev–Trinajstić information content (AvgIpc) is 3.56. The number of amides is 1. The molecule has 1 N–H and O–H groups in total. The molecule has 1 aliphatic carbocycles. The van der Waals surface area contributed by atoms with Gasteiger partial charge in [0.15, 0.2) is 0 Å². The van der Waals surface area contributed by atoms with Gasteiger partial charge in [-0.05, 0) is 55.0 Å². The molecule has 29 heavy (non-hydrogen) atoms. The number of ether oxygens (including phenoxy) is 1. The number of carbonyl (C=O) groups is 1. The number of sulfonamides is 1. The zero-order valence-electron chi connectivity index (χ0n) is 16.4. The molecule has 2 aliphatic rings. The Morgan fingerprint density at radius 1 is 1.21 bits per heavy atom. The summed E-state index contributed by atoms with van der Waals surface area (Å²) in [4.78, 5) is 16.9. The summed E-state index contributed by atoms with van der Waals surface area (Å²) in [6.45, 7) is 1.02. The Labute approximate surface area is 171 Å². The van der Waals surface area contributed by atoms with E-state index in [1.54, 1.807) is 24.5 Å². The Hall–Kier alpha value is -2.45. The second-order valence-electron chi connectivity index (χ2n) is 7.55. The van der Waals surface area contributed by atoms with Crippen molar-refractivity contribution in [1.29, 1.82) is 0 Å². The minimum Gasteiger partial charge on any atom is -0.495 e. The number of aromatic nitrogens is 1. The number of pyridine rings is 1. The fraction of sp³-hybridized carbons (Fsp3) is 0.429. The maximum absolute atomic E-state index is 13.1. The van der Waals surface area contributed by atoms with Gasteiger partial charge in [0.25, 0.3) is 0 Å². The van der Waals surface area contributed by atoms with E-state index < -0.39 is 10.0 Å². The van der Waals surface area contributed by atoms with E-state index in [4.69, 9.17) is 4.74 Å². The summed E-state index contributed by atoms with van der Waals surface area (Å²) in [6.07, 6.45) is 7.02. The van der Waals surface area contributed by atoms with Crippen molar-refractivity contribution in [3.63, 3.8) is 0 Å². The molecule has 2 atom stereocenters. The number of benzene rings is 1. The molecule has 1 amide bonds. The molecule has 1 aromatic carbocycles. The van der Waals surface area contributed by atoms with Crippen LogP contribution in [0, 0.1) is 5.92 Å². The van der Waals surface area contributed by atoms with Crippen LogP contribution in [0.4, 0.5) is 5.69 Å². The first-order chi connectivity index (χ1) is 14.0. The third kappa shape index (κ3) is 4.13. The van der Waals surface area contributed by atoms with Crippen LogP contribution < -0.4 is 10.1 Å². The van der Waals surface area contributed by atoms with Crippen molar-refractivity contribution >= 4 is 21.6 Å². The quantitative estimate of drug-likeness (QED) is 0.783. The standard InChI is InChI=1S/C21H25N3O4S/c1-28-19-8-7-16(12-20(19)29(26,27)24-10-3-2-4-11-24)23-21(25)18-13-17(18)15-6-5-9-22-14-15/h5-9,12,14,17-18H,2-4,10-11,13H2,1H3,(H,23,25)/t17-,18+/m0/s1. The molecule has 1 aliphatic heterocycles. The zero-order chi connectivity index (χ0) is 20.4. The number of hydrogen-bond acceptors (Lipinski definition) is 5. The molecule has 4 rings (SSSR count).